The van der Waals surface area contributed by atoms with Crippen molar-refractivity contribution in [3.8, 4) is 0 Å². The van der Waals surface area contributed by atoms with Crippen LogP contribution in [0.1, 0.15) is 13.8 Å². The fraction of sp³-hybridized carbons (Fsp3) is 0.600. The summed E-state index contributed by atoms with van der Waals surface area (Å²) in [6, 6.07) is 0.230. The first-order valence-electron chi connectivity index (χ1n) is 4.99. The zero-order chi connectivity index (χ0) is 11.4. The van der Waals surface area contributed by atoms with Gasteiger partial charge in [0.1, 0.15) is 0 Å². The summed E-state index contributed by atoms with van der Waals surface area (Å²) in [5.41, 5.74) is 0.864. The number of rotatable bonds is 4. The Kier molecular flexibility index (Phi) is 3.71. The fourth-order valence-corrected chi connectivity index (χ4v) is 1.10. The van der Waals surface area contributed by atoms with Gasteiger partial charge in [-0.2, -0.15) is 5.10 Å². The largest absolute Gasteiger partial charge is 0.374 e. The highest BCUT2D eigenvalue weighted by Crippen LogP contribution is 2.03. The maximum atomic E-state index is 11.6. The number of hydrogen-bond donors (Lipinski definition) is 1. The van der Waals surface area contributed by atoms with Crippen LogP contribution in [0.15, 0.2) is 12.4 Å². The number of nitrogens with zero attached hydrogens (tertiary/aromatic N) is 3. The molecule has 0 aliphatic heterocycles. The molecule has 1 heterocycles. The van der Waals surface area contributed by atoms with E-state index in [0.29, 0.717) is 6.54 Å². The molecule has 0 saturated heterocycles. The van der Waals surface area contributed by atoms with E-state index in [-0.39, 0.29) is 11.9 Å². The molecule has 0 atom stereocenters. The van der Waals surface area contributed by atoms with E-state index < -0.39 is 0 Å². The Morgan fingerprint density at radius 2 is 2.33 bits per heavy atom. The predicted octanol–water partition coefficient (Wildman–Crippen LogP) is 0.699. The zero-order valence-electron chi connectivity index (χ0n) is 9.69. The molecule has 0 radical (unpaired) electrons. The van der Waals surface area contributed by atoms with Crippen LogP contribution < -0.4 is 5.32 Å². The lowest BCUT2D eigenvalue weighted by Gasteiger charge is -2.21. The molecule has 5 nitrogen and oxygen atoms in total. The van der Waals surface area contributed by atoms with Crippen molar-refractivity contribution in [2.75, 3.05) is 18.9 Å². The predicted molar refractivity (Wildman–Crippen MR) is 59.6 cm³/mol. The highest BCUT2D eigenvalue weighted by atomic mass is 16.2. The Morgan fingerprint density at radius 3 is 2.80 bits per heavy atom. The SMILES string of the molecule is CC(C)N(C)C(=O)CNc1cnn(C)c1. The van der Waals surface area contributed by atoms with Gasteiger partial charge in [-0.3, -0.25) is 9.48 Å². The van der Waals surface area contributed by atoms with E-state index in [4.69, 9.17) is 0 Å². The monoisotopic (exact) mass is 210 g/mol. The van der Waals surface area contributed by atoms with Gasteiger partial charge >= 0.3 is 0 Å². The van der Waals surface area contributed by atoms with Crippen LogP contribution in [0.25, 0.3) is 0 Å². The van der Waals surface area contributed by atoms with Crippen LogP contribution in [0.3, 0.4) is 0 Å². The normalized spacial score (nSPS) is 10.5. The molecular formula is C10H18N4O. The Bertz CT molecular complexity index is 332. The Labute approximate surface area is 90.1 Å². The van der Waals surface area contributed by atoms with E-state index in [1.807, 2.05) is 27.1 Å². The molecule has 1 amide bonds. The molecule has 0 bridgehead atoms. The lowest BCUT2D eigenvalue weighted by molar-refractivity contribution is -0.129. The molecule has 1 aromatic rings. The molecule has 0 aliphatic rings. The number of amides is 1. The molecule has 1 aromatic heterocycles. The van der Waals surface area contributed by atoms with Crippen molar-refractivity contribution in [3.63, 3.8) is 0 Å². The van der Waals surface area contributed by atoms with Gasteiger partial charge in [0.15, 0.2) is 0 Å². The third-order valence-electron chi connectivity index (χ3n) is 2.32. The third kappa shape index (κ3) is 3.27. The first kappa shape index (κ1) is 11.6. The molecule has 1 N–H and O–H groups in total. The van der Waals surface area contributed by atoms with E-state index >= 15 is 0 Å². The van der Waals surface area contributed by atoms with E-state index in [9.17, 15) is 4.79 Å². The van der Waals surface area contributed by atoms with Crippen LogP contribution in [-0.2, 0) is 11.8 Å². The first-order valence-corrected chi connectivity index (χ1v) is 4.99. The van der Waals surface area contributed by atoms with Crippen LogP contribution in [0.5, 0.6) is 0 Å². The van der Waals surface area contributed by atoms with Gasteiger partial charge in [-0.25, -0.2) is 0 Å². The molecule has 5 heteroatoms. The number of carbonyl (C=O) groups excluding carboxylic acids is 1. The smallest absolute Gasteiger partial charge is 0.241 e. The number of carbonyl (C=O) groups is 1. The van der Waals surface area contributed by atoms with Crippen molar-refractivity contribution in [1.29, 1.82) is 0 Å². The van der Waals surface area contributed by atoms with Crippen molar-refractivity contribution in [2.45, 2.75) is 19.9 Å². The summed E-state index contributed by atoms with van der Waals surface area (Å²) in [7, 11) is 3.64. The van der Waals surface area contributed by atoms with Crippen LogP contribution >= 0.6 is 0 Å². The van der Waals surface area contributed by atoms with Crippen LogP contribution in [0.2, 0.25) is 0 Å². The molecule has 0 aliphatic carbocycles. The van der Waals surface area contributed by atoms with Gasteiger partial charge < -0.3 is 10.2 Å². The average molecular weight is 210 g/mol. The van der Waals surface area contributed by atoms with Crippen LogP contribution in [0.4, 0.5) is 5.69 Å². The van der Waals surface area contributed by atoms with Gasteiger partial charge in [0.2, 0.25) is 5.91 Å². The summed E-state index contributed by atoms with van der Waals surface area (Å²) >= 11 is 0. The molecule has 84 valence electrons. The topological polar surface area (TPSA) is 50.2 Å². The Hall–Kier alpha value is -1.52. The lowest BCUT2D eigenvalue weighted by atomic mass is 10.3. The van der Waals surface area contributed by atoms with Crippen molar-refractivity contribution in [3.05, 3.63) is 12.4 Å². The molecule has 0 spiro atoms. The maximum Gasteiger partial charge on any atom is 0.241 e. The van der Waals surface area contributed by atoms with Gasteiger partial charge in [0, 0.05) is 26.3 Å². The number of likely N-dealkylation sites (N-methyl/N-ethyl adjacent to an activating group) is 1. The van der Waals surface area contributed by atoms with Crippen molar-refractivity contribution in [2.24, 2.45) is 7.05 Å². The minimum Gasteiger partial charge on any atom is -0.374 e. The first-order chi connectivity index (χ1) is 7.00. The van der Waals surface area contributed by atoms with E-state index in [2.05, 4.69) is 10.4 Å². The summed E-state index contributed by atoms with van der Waals surface area (Å²) in [6.07, 6.45) is 3.53. The van der Waals surface area contributed by atoms with Gasteiger partial charge in [-0.05, 0) is 13.8 Å². The average Bonchev–Trinajstić information content (AvgIpc) is 2.59. The summed E-state index contributed by atoms with van der Waals surface area (Å²) in [4.78, 5) is 13.3. The number of nitrogens with one attached hydrogen (secondary N) is 1. The van der Waals surface area contributed by atoms with Crippen molar-refractivity contribution >= 4 is 11.6 Å². The molecular weight excluding hydrogens is 192 g/mol. The quantitative estimate of drug-likeness (QED) is 0.795. The van der Waals surface area contributed by atoms with Crippen molar-refractivity contribution < 1.29 is 4.79 Å². The van der Waals surface area contributed by atoms with Crippen LogP contribution in [0, 0.1) is 0 Å². The lowest BCUT2D eigenvalue weighted by Crippen LogP contribution is -2.37. The standard InChI is InChI=1S/C10H18N4O/c1-8(2)14(4)10(15)6-11-9-5-12-13(3)7-9/h5,7-8,11H,6H2,1-4H3. The highest BCUT2D eigenvalue weighted by molar-refractivity contribution is 5.80. The molecule has 0 saturated carbocycles. The summed E-state index contributed by atoms with van der Waals surface area (Å²) in [5, 5.41) is 7.03. The molecule has 0 aromatic carbocycles. The molecule has 0 fully saturated rings. The Morgan fingerprint density at radius 1 is 1.67 bits per heavy atom. The summed E-state index contributed by atoms with van der Waals surface area (Å²) in [6.45, 7) is 4.28. The van der Waals surface area contributed by atoms with E-state index in [1.165, 1.54) is 0 Å². The van der Waals surface area contributed by atoms with Gasteiger partial charge in [0.25, 0.3) is 0 Å². The second kappa shape index (κ2) is 4.82. The maximum absolute atomic E-state index is 11.6. The zero-order valence-corrected chi connectivity index (χ0v) is 9.69. The number of aromatic nitrogens is 2. The number of hydrogen-bond acceptors (Lipinski definition) is 3. The molecule has 15 heavy (non-hydrogen) atoms. The Balaban J connectivity index is 2.40. The summed E-state index contributed by atoms with van der Waals surface area (Å²) < 4.78 is 1.69. The minimum absolute atomic E-state index is 0.0776. The van der Waals surface area contributed by atoms with Gasteiger partial charge in [-0.15, -0.1) is 0 Å². The van der Waals surface area contributed by atoms with Crippen molar-refractivity contribution in [1.82, 2.24) is 14.7 Å². The number of anilines is 1. The molecule has 1 rings (SSSR count). The third-order valence-corrected chi connectivity index (χ3v) is 2.32. The van der Waals surface area contributed by atoms with Crippen LogP contribution in [-0.4, -0.2) is 40.2 Å². The number of aryl methyl sites for hydroxylation is 1. The molecule has 0 unspecified atom stereocenters. The van der Waals surface area contributed by atoms with E-state index in [1.54, 1.807) is 22.8 Å². The fourth-order valence-electron chi connectivity index (χ4n) is 1.10. The second-order valence-electron chi connectivity index (χ2n) is 3.85. The van der Waals surface area contributed by atoms with Gasteiger partial charge in [-0.1, -0.05) is 0 Å². The van der Waals surface area contributed by atoms with Gasteiger partial charge in [0.05, 0.1) is 18.4 Å². The second-order valence-corrected chi connectivity index (χ2v) is 3.85. The highest BCUT2D eigenvalue weighted by Gasteiger charge is 2.11. The van der Waals surface area contributed by atoms with E-state index in [0.717, 1.165) is 5.69 Å². The minimum atomic E-state index is 0.0776. The summed E-state index contributed by atoms with van der Waals surface area (Å²) in [5.74, 6) is 0.0776.